The first-order valence-electron chi connectivity index (χ1n) is 6.61. The van der Waals surface area contributed by atoms with E-state index < -0.39 is 0 Å². The third-order valence-corrected chi connectivity index (χ3v) is 2.83. The molecule has 2 N–H and O–H groups in total. The molecule has 0 bridgehead atoms. The van der Waals surface area contributed by atoms with E-state index in [9.17, 15) is 5.11 Å². The van der Waals surface area contributed by atoms with Gasteiger partial charge in [0.1, 0.15) is 0 Å². The Balaban J connectivity index is 3.37. The average molecular weight is 227 g/mol. The Labute approximate surface area is 101 Å². The number of allylic oxidation sites excluding steroid dienone is 2. The summed E-state index contributed by atoms with van der Waals surface area (Å²) < 4.78 is 0. The monoisotopic (exact) mass is 227 g/mol. The van der Waals surface area contributed by atoms with Crippen molar-refractivity contribution in [3.05, 3.63) is 11.6 Å². The van der Waals surface area contributed by atoms with E-state index in [0.29, 0.717) is 6.04 Å². The second-order valence-corrected chi connectivity index (χ2v) is 4.92. The number of hydrogen-bond donors (Lipinski definition) is 2. The molecule has 0 spiro atoms. The molecular formula is C14H29NO. The standard InChI is InChI=1S/C14H29NO/c1-5-14(16)10-7-11-15-13(4)9-6-8-12(2)3/h8,13-16H,5-7,9-11H2,1-4H3. The third kappa shape index (κ3) is 10.2. The summed E-state index contributed by atoms with van der Waals surface area (Å²) in [5.74, 6) is 0. The maximum Gasteiger partial charge on any atom is 0.0538 e. The molecule has 0 radical (unpaired) electrons. The van der Waals surface area contributed by atoms with E-state index in [2.05, 4.69) is 32.2 Å². The highest BCUT2D eigenvalue weighted by Gasteiger charge is 2.02. The zero-order valence-electron chi connectivity index (χ0n) is 11.4. The van der Waals surface area contributed by atoms with Gasteiger partial charge in [0.15, 0.2) is 0 Å². The number of hydrogen-bond acceptors (Lipinski definition) is 2. The van der Waals surface area contributed by atoms with Gasteiger partial charge in [-0.3, -0.25) is 0 Å². The van der Waals surface area contributed by atoms with Crippen LogP contribution >= 0.6 is 0 Å². The molecule has 0 fully saturated rings. The van der Waals surface area contributed by atoms with Gasteiger partial charge in [-0.05, 0) is 59.4 Å². The smallest absolute Gasteiger partial charge is 0.0538 e. The number of aliphatic hydroxyl groups excluding tert-OH is 1. The van der Waals surface area contributed by atoms with Gasteiger partial charge in [-0.2, -0.15) is 0 Å². The molecule has 0 saturated carbocycles. The van der Waals surface area contributed by atoms with E-state index in [1.807, 2.05) is 6.92 Å². The van der Waals surface area contributed by atoms with Gasteiger partial charge in [0.2, 0.25) is 0 Å². The minimum Gasteiger partial charge on any atom is -0.393 e. The highest BCUT2D eigenvalue weighted by Crippen LogP contribution is 2.03. The van der Waals surface area contributed by atoms with Crippen LogP contribution in [-0.2, 0) is 0 Å². The van der Waals surface area contributed by atoms with Crippen LogP contribution in [0.1, 0.15) is 59.8 Å². The Hall–Kier alpha value is -0.340. The fraction of sp³-hybridized carbons (Fsp3) is 0.857. The Bertz CT molecular complexity index is 185. The van der Waals surface area contributed by atoms with Gasteiger partial charge in [0.25, 0.3) is 0 Å². The third-order valence-electron chi connectivity index (χ3n) is 2.83. The van der Waals surface area contributed by atoms with Crippen LogP contribution in [0.15, 0.2) is 11.6 Å². The Morgan fingerprint density at radius 3 is 2.56 bits per heavy atom. The van der Waals surface area contributed by atoms with Gasteiger partial charge in [-0.25, -0.2) is 0 Å². The van der Waals surface area contributed by atoms with Crippen molar-refractivity contribution in [3.8, 4) is 0 Å². The molecule has 0 aliphatic carbocycles. The van der Waals surface area contributed by atoms with Crippen molar-refractivity contribution >= 4 is 0 Å². The predicted octanol–water partition coefficient (Wildman–Crippen LogP) is 3.26. The van der Waals surface area contributed by atoms with Crippen LogP contribution in [0.25, 0.3) is 0 Å². The number of aliphatic hydroxyl groups is 1. The van der Waals surface area contributed by atoms with Gasteiger partial charge in [0, 0.05) is 6.04 Å². The predicted molar refractivity (Wildman–Crippen MR) is 71.7 cm³/mol. The van der Waals surface area contributed by atoms with E-state index in [1.54, 1.807) is 0 Å². The molecular weight excluding hydrogens is 198 g/mol. The molecule has 2 unspecified atom stereocenters. The summed E-state index contributed by atoms with van der Waals surface area (Å²) in [6.07, 6.45) is 7.40. The summed E-state index contributed by atoms with van der Waals surface area (Å²) in [5, 5.41) is 12.9. The lowest BCUT2D eigenvalue weighted by Gasteiger charge is -2.13. The van der Waals surface area contributed by atoms with Crippen LogP contribution in [0.2, 0.25) is 0 Å². The molecule has 0 aromatic rings. The van der Waals surface area contributed by atoms with Gasteiger partial charge < -0.3 is 10.4 Å². The van der Waals surface area contributed by atoms with Crippen LogP contribution in [-0.4, -0.2) is 23.8 Å². The summed E-state index contributed by atoms with van der Waals surface area (Å²) >= 11 is 0. The number of rotatable bonds is 9. The first-order chi connectivity index (χ1) is 7.56. The maximum absolute atomic E-state index is 9.39. The van der Waals surface area contributed by atoms with Crippen molar-refractivity contribution in [1.29, 1.82) is 0 Å². The molecule has 0 aliphatic rings. The largest absolute Gasteiger partial charge is 0.393 e. The van der Waals surface area contributed by atoms with Crippen molar-refractivity contribution in [1.82, 2.24) is 5.32 Å². The van der Waals surface area contributed by atoms with E-state index in [-0.39, 0.29) is 6.10 Å². The van der Waals surface area contributed by atoms with E-state index in [0.717, 1.165) is 32.2 Å². The zero-order chi connectivity index (χ0) is 12.4. The fourth-order valence-electron chi connectivity index (χ4n) is 1.61. The van der Waals surface area contributed by atoms with E-state index in [1.165, 1.54) is 12.0 Å². The second kappa shape index (κ2) is 9.86. The topological polar surface area (TPSA) is 32.3 Å². The molecule has 0 amide bonds. The van der Waals surface area contributed by atoms with Gasteiger partial charge in [-0.15, -0.1) is 0 Å². The SMILES string of the molecule is CCC(O)CCCNC(C)CCC=C(C)C. The summed E-state index contributed by atoms with van der Waals surface area (Å²) in [4.78, 5) is 0. The molecule has 16 heavy (non-hydrogen) atoms. The molecule has 0 rings (SSSR count). The lowest BCUT2D eigenvalue weighted by atomic mass is 10.1. The average Bonchev–Trinajstić information content (AvgIpc) is 2.23. The molecule has 0 heterocycles. The Morgan fingerprint density at radius 1 is 1.31 bits per heavy atom. The lowest BCUT2D eigenvalue weighted by Crippen LogP contribution is -2.27. The van der Waals surface area contributed by atoms with Crippen LogP contribution < -0.4 is 5.32 Å². The minimum atomic E-state index is -0.109. The molecule has 0 aromatic heterocycles. The molecule has 0 aromatic carbocycles. The van der Waals surface area contributed by atoms with Crippen LogP contribution in [0.5, 0.6) is 0 Å². The number of nitrogens with one attached hydrogen (secondary N) is 1. The van der Waals surface area contributed by atoms with Gasteiger partial charge in [0.05, 0.1) is 6.10 Å². The van der Waals surface area contributed by atoms with Crippen molar-refractivity contribution in [2.75, 3.05) is 6.54 Å². The summed E-state index contributed by atoms with van der Waals surface area (Å²) in [5.41, 5.74) is 1.40. The quantitative estimate of drug-likeness (QED) is 0.468. The van der Waals surface area contributed by atoms with Crippen molar-refractivity contribution in [3.63, 3.8) is 0 Å². The Morgan fingerprint density at radius 2 is 2.00 bits per heavy atom. The van der Waals surface area contributed by atoms with E-state index in [4.69, 9.17) is 0 Å². The molecule has 2 heteroatoms. The van der Waals surface area contributed by atoms with Crippen LogP contribution in [0, 0.1) is 0 Å². The van der Waals surface area contributed by atoms with Crippen molar-refractivity contribution in [2.45, 2.75) is 71.9 Å². The van der Waals surface area contributed by atoms with Crippen LogP contribution in [0.4, 0.5) is 0 Å². The lowest BCUT2D eigenvalue weighted by molar-refractivity contribution is 0.157. The Kier molecular flexibility index (Phi) is 9.65. The van der Waals surface area contributed by atoms with Crippen LogP contribution in [0.3, 0.4) is 0 Å². The molecule has 2 nitrogen and oxygen atoms in total. The maximum atomic E-state index is 9.39. The second-order valence-electron chi connectivity index (χ2n) is 4.92. The summed E-state index contributed by atoms with van der Waals surface area (Å²) in [7, 11) is 0. The highest BCUT2D eigenvalue weighted by atomic mass is 16.3. The highest BCUT2D eigenvalue weighted by molar-refractivity contribution is 4.93. The summed E-state index contributed by atoms with van der Waals surface area (Å²) in [6, 6.07) is 0.578. The van der Waals surface area contributed by atoms with Gasteiger partial charge in [-0.1, -0.05) is 18.6 Å². The fourth-order valence-corrected chi connectivity index (χ4v) is 1.61. The van der Waals surface area contributed by atoms with Crippen molar-refractivity contribution < 1.29 is 5.11 Å². The normalized spacial score (nSPS) is 14.6. The first kappa shape index (κ1) is 15.7. The van der Waals surface area contributed by atoms with Gasteiger partial charge >= 0.3 is 0 Å². The first-order valence-corrected chi connectivity index (χ1v) is 6.61. The van der Waals surface area contributed by atoms with Crippen molar-refractivity contribution in [2.24, 2.45) is 0 Å². The molecule has 96 valence electrons. The van der Waals surface area contributed by atoms with E-state index >= 15 is 0 Å². The zero-order valence-corrected chi connectivity index (χ0v) is 11.4. The molecule has 0 aliphatic heterocycles. The minimum absolute atomic E-state index is 0.109. The summed E-state index contributed by atoms with van der Waals surface area (Å²) in [6.45, 7) is 9.57. The molecule has 2 atom stereocenters. The molecule has 0 saturated heterocycles.